The molecular formula is C16H29N3O2S. The number of ether oxygens (including phenoxy) is 1. The van der Waals surface area contributed by atoms with Crippen LogP contribution in [-0.4, -0.2) is 67.9 Å². The molecule has 0 aromatic heterocycles. The van der Waals surface area contributed by atoms with Gasteiger partial charge in [-0.05, 0) is 12.8 Å². The SMILES string of the molecule is O=C(NCC1(CN2CCOCC2)CCCCC1)[C@@H]1CSCN1. The lowest BCUT2D eigenvalue weighted by molar-refractivity contribution is -0.123. The standard InChI is InChI=1S/C16H29N3O2S/c20-15(14-10-22-13-18-14)17-11-16(4-2-1-3-5-16)12-19-6-8-21-9-7-19/h14,18H,1-13H2,(H,17,20)/t14-/m0/s1. The van der Waals surface area contributed by atoms with Crippen LogP contribution in [0.4, 0.5) is 0 Å². The lowest BCUT2D eigenvalue weighted by atomic mass is 9.73. The number of hydrogen-bond donors (Lipinski definition) is 2. The molecule has 3 rings (SSSR count). The Morgan fingerprint density at radius 2 is 2.05 bits per heavy atom. The van der Waals surface area contributed by atoms with Crippen molar-refractivity contribution in [1.29, 1.82) is 0 Å². The maximum atomic E-state index is 12.3. The predicted octanol–water partition coefficient (Wildman–Crippen LogP) is 1.05. The third-order valence-corrected chi connectivity index (χ3v) is 6.19. The molecule has 0 unspecified atom stereocenters. The van der Waals surface area contributed by atoms with Crippen LogP contribution < -0.4 is 10.6 Å². The highest BCUT2D eigenvalue weighted by atomic mass is 32.2. The number of nitrogens with one attached hydrogen (secondary N) is 2. The predicted molar refractivity (Wildman–Crippen MR) is 90.0 cm³/mol. The molecule has 3 fully saturated rings. The van der Waals surface area contributed by atoms with Crippen molar-refractivity contribution in [2.45, 2.75) is 38.1 Å². The maximum Gasteiger partial charge on any atom is 0.238 e. The van der Waals surface area contributed by atoms with Gasteiger partial charge in [-0.15, -0.1) is 11.8 Å². The molecule has 3 aliphatic rings. The number of nitrogens with zero attached hydrogens (tertiary/aromatic N) is 1. The Bertz CT molecular complexity index is 362. The van der Waals surface area contributed by atoms with Crippen LogP contribution in [0.3, 0.4) is 0 Å². The molecule has 0 aromatic carbocycles. The molecule has 2 N–H and O–H groups in total. The molecule has 0 spiro atoms. The number of carbonyl (C=O) groups is 1. The molecule has 2 heterocycles. The fourth-order valence-electron chi connectivity index (χ4n) is 3.89. The number of rotatable bonds is 5. The fraction of sp³-hybridized carbons (Fsp3) is 0.938. The summed E-state index contributed by atoms with van der Waals surface area (Å²) >= 11 is 1.81. The number of morpholine rings is 1. The highest BCUT2D eigenvalue weighted by Gasteiger charge is 2.35. The van der Waals surface area contributed by atoms with Crippen LogP contribution in [0.5, 0.6) is 0 Å². The van der Waals surface area contributed by atoms with E-state index in [1.54, 1.807) is 11.8 Å². The Labute approximate surface area is 137 Å². The van der Waals surface area contributed by atoms with E-state index in [0.29, 0.717) is 0 Å². The molecule has 126 valence electrons. The van der Waals surface area contributed by atoms with Gasteiger partial charge in [0.05, 0.1) is 19.3 Å². The van der Waals surface area contributed by atoms with Crippen LogP contribution in [0.1, 0.15) is 32.1 Å². The van der Waals surface area contributed by atoms with Crippen molar-refractivity contribution in [3.05, 3.63) is 0 Å². The minimum Gasteiger partial charge on any atom is -0.379 e. The lowest BCUT2D eigenvalue weighted by Crippen LogP contribution is -2.51. The van der Waals surface area contributed by atoms with E-state index in [1.807, 2.05) is 0 Å². The number of carbonyl (C=O) groups excluding carboxylic acids is 1. The first-order valence-electron chi connectivity index (χ1n) is 8.66. The molecule has 1 aliphatic carbocycles. The van der Waals surface area contributed by atoms with Gasteiger partial charge >= 0.3 is 0 Å². The van der Waals surface area contributed by atoms with Gasteiger partial charge in [0, 0.05) is 43.2 Å². The molecule has 22 heavy (non-hydrogen) atoms. The van der Waals surface area contributed by atoms with Gasteiger partial charge in [0.2, 0.25) is 5.91 Å². The molecular weight excluding hydrogens is 298 g/mol. The van der Waals surface area contributed by atoms with Crippen molar-refractivity contribution in [2.75, 3.05) is 51.0 Å². The Hall–Kier alpha value is -0.300. The summed E-state index contributed by atoms with van der Waals surface area (Å²) in [6, 6.07) is 0.00836. The van der Waals surface area contributed by atoms with Crippen molar-refractivity contribution in [2.24, 2.45) is 5.41 Å². The number of thioether (sulfide) groups is 1. The van der Waals surface area contributed by atoms with E-state index in [0.717, 1.165) is 51.0 Å². The van der Waals surface area contributed by atoms with Crippen LogP contribution in [0.2, 0.25) is 0 Å². The van der Waals surface area contributed by atoms with Crippen molar-refractivity contribution >= 4 is 17.7 Å². The van der Waals surface area contributed by atoms with E-state index in [1.165, 1.54) is 32.1 Å². The average Bonchev–Trinajstić information content (AvgIpc) is 3.09. The van der Waals surface area contributed by atoms with Crippen molar-refractivity contribution < 1.29 is 9.53 Å². The summed E-state index contributed by atoms with van der Waals surface area (Å²) in [6.07, 6.45) is 6.45. The molecule has 6 heteroatoms. The second-order valence-corrected chi connectivity index (χ2v) is 7.97. The summed E-state index contributed by atoms with van der Waals surface area (Å²) in [5.74, 6) is 2.00. The van der Waals surface area contributed by atoms with Gasteiger partial charge < -0.3 is 10.1 Å². The molecule has 0 aromatic rings. The largest absolute Gasteiger partial charge is 0.379 e. The van der Waals surface area contributed by atoms with Crippen LogP contribution >= 0.6 is 11.8 Å². The maximum absolute atomic E-state index is 12.3. The van der Waals surface area contributed by atoms with Crippen LogP contribution in [0.15, 0.2) is 0 Å². The number of amides is 1. The van der Waals surface area contributed by atoms with E-state index in [2.05, 4.69) is 15.5 Å². The van der Waals surface area contributed by atoms with Gasteiger partial charge in [-0.1, -0.05) is 19.3 Å². The highest BCUT2D eigenvalue weighted by molar-refractivity contribution is 7.99. The van der Waals surface area contributed by atoms with Gasteiger partial charge in [-0.2, -0.15) is 0 Å². The summed E-state index contributed by atoms with van der Waals surface area (Å²) < 4.78 is 5.47. The summed E-state index contributed by atoms with van der Waals surface area (Å²) in [5, 5.41) is 6.51. The zero-order valence-electron chi connectivity index (χ0n) is 13.4. The van der Waals surface area contributed by atoms with E-state index < -0.39 is 0 Å². The van der Waals surface area contributed by atoms with E-state index in [-0.39, 0.29) is 17.4 Å². The molecule has 0 bridgehead atoms. The van der Waals surface area contributed by atoms with Crippen molar-refractivity contribution in [1.82, 2.24) is 15.5 Å². The minimum atomic E-state index is 0.00836. The van der Waals surface area contributed by atoms with E-state index in [4.69, 9.17) is 4.74 Å². The smallest absolute Gasteiger partial charge is 0.238 e. The summed E-state index contributed by atoms with van der Waals surface area (Å²) in [5.41, 5.74) is 0.275. The Morgan fingerprint density at radius 1 is 1.27 bits per heavy atom. The van der Waals surface area contributed by atoms with Crippen LogP contribution in [-0.2, 0) is 9.53 Å². The van der Waals surface area contributed by atoms with Gasteiger partial charge in [-0.25, -0.2) is 0 Å². The molecule has 1 atom stereocenters. The zero-order chi connectivity index (χ0) is 15.3. The average molecular weight is 327 g/mol. The molecule has 1 amide bonds. The number of hydrogen-bond acceptors (Lipinski definition) is 5. The molecule has 5 nitrogen and oxygen atoms in total. The normalized spacial score (nSPS) is 29.4. The first-order valence-corrected chi connectivity index (χ1v) is 9.82. The zero-order valence-corrected chi connectivity index (χ0v) is 14.3. The Morgan fingerprint density at radius 3 is 2.73 bits per heavy atom. The first kappa shape index (κ1) is 16.6. The molecule has 2 saturated heterocycles. The Balaban J connectivity index is 1.54. The second-order valence-electron chi connectivity index (χ2n) is 6.94. The van der Waals surface area contributed by atoms with Crippen LogP contribution in [0.25, 0.3) is 0 Å². The van der Waals surface area contributed by atoms with Gasteiger partial charge in [0.25, 0.3) is 0 Å². The van der Waals surface area contributed by atoms with Crippen LogP contribution in [0, 0.1) is 5.41 Å². The van der Waals surface area contributed by atoms with Gasteiger partial charge in [0.1, 0.15) is 0 Å². The van der Waals surface area contributed by atoms with Crippen molar-refractivity contribution in [3.8, 4) is 0 Å². The van der Waals surface area contributed by atoms with E-state index in [9.17, 15) is 4.79 Å². The molecule has 1 saturated carbocycles. The lowest BCUT2D eigenvalue weighted by Gasteiger charge is -2.42. The summed E-state index contributed by atoms with van der Waals surface area (Å²) in [6.45, 7) is 5.74. The fourth-order valence-corrected chi connectivity index (χ4v) is 4.83. The topological polar surface area (TPSA) is 53.6 Å². The third-order valence-electron chi connectivity index (χ3n) is 5.25. The molecule has 2 aliphatic heterocycles. The first-order chi connectivity index (χ1) is 10.8. The van der Waals surface area contributed by atoms with Gasteiger partial charge in [0.15, 0.2) is 0 Å². The molecule has 0 radical (unpaired) electrons. The Kier molecular flexibility index (Phi) is 6.02. The third kappa shape index (κ3) is 4.37. The van der Waals surface area contributed by atoms with Crippen molar-refractivity contribution in [3.63, 3.8) is 0 Å². The second kappa shape index (κ2) is 7.99. The minimum absolute atomic E-state index is 0.00836. The van der Waals surface area contributed by atoms with E-state index >= 15 is 0 Å². The monoisotopic (exact) mass is 327 g/mol. The highest BCUT2D eigenvalue weighted by Crippen LogP contribution is 2.36. The van der Waals surface area contributed by atoms with Gasteiger partial charge in [-0.3, -0.25) is 15.0 Å². The summed E-state index contributed by atoms with van der Waals surface area (Å²) in [4.78, 5) is 14.8. The quantitative estimate of drug-likeness (QED) is 0.790. The summed E-state index contributed by atoms with van der Waals surface area (Å²) in [7, 11) is 0.